The van der Waals surface area contributed by atoms with Crippen LogP contribution in [0.5, 0.6) is 5.75 Å². The number of benzene rings is 1. The smallest absolute Gasteiger partial charge is 0.179 e. The molecule has 51 heavy (non-hydrogen) atoms. The van der Waals surface area contributed by atoms with E-state index >= 15 is 0 Å². The van der Waals surface area contributed by atoms with E-state index in [2.05, 4.69) is 72.5 Å². The Morgan fingerprint density at radius 2 is 1.67 bits per heavy atom. The first-order valence-corrected chi connectivity index (χ1v) is 20.8. The molecule has 0 radical (unpaired) electrons. The predicted octanol–water partition coefficient (Wildman–Crippen LogP) is 11.6. The van der Waals surface area contributed by atoms with E-state index in [9.17, 15) is 9.18 Å². The summed E-state index contributed by atoms with van der Waals surface area (Å²) in [4.78, 5) is 13.4. The Balaban J connectivity index is 1.13. The second-order valence-corrected chi connectivity index (χ2v) is 19.7. The lowest BCUT2D eigenvalue weighted by Gasteiger charge is -2.72. The molecule has 4 fully saturated rings. The van der Waals surface area contributed by atoms with Gasteiger partial charge in [-0.2, -0.15) is 0 Å². The summed E-state index contributed by atoms with van der Waals surface area (Å²) < 4.78 is 20.5. The van der Waals surface area contributed by atoms with Crippen molar-refractivity contribution in [3.8, 4) is 5.75 Å². The van der Waals surface area contributed by atoms with Crippen LogP contribution in [0.2, 0.25) is 0 Å². The van der Waals surface area contributed by atoms with Gasteiger partial charge in [0, 0.05) is 5.54 Å². The highest BCUT2D eigenvalue weighted by atomic mass is 19.1. The average molecular weight is 698 g/mol. The second-order valence-electron chi connectivity index (χ2n) is 19.7. The molecule has 0 aliphatic heterocycles. The molecular formula is C47H68FNO2. The van der Waals surface area contributed by atoms with Gasteiger partial charge < -0.3 is 10.1 Å². The van der Waals surface area contributed by atoms with Crippen LogP contribution in [0.3, 0.4) is 0 Å². The fraction of sp³-hybridized carbons (Fsp3) is 0.723. The molecule has 6 aliphatic carbocycles. The summed E-state index contributed by atoms with van der Waals surface area (Å²) in [6.07, 6.45) is 19.6. The molecule has 6 aliphatic rings. The molecule has 4 saturated carbocycles. The van der Waals surface area contributed by atoms with Gasteiger partial charge in [0.2, 0.25) is 0 Å². The Kier molecular flexibility index (Phi) is 9.67. The van der Waals surface area contributed by atoms with Gasteiger partial charge in [-0.25, -0.2) is 4.39 Å². The van der Waals surface area contributed by atoms with Crippen molar-refractivity contribution in [2.24, 2.45) is 56.7 Å². The number of allylic oxidation sites excluding steroid dienone is 5. The fourth-order valence-corrected chi connectivity index (χ4v) is 14.4. The van der Waals surface area contributed by atoms with Crippen molar-refractivity contribution < 1.29 is 13.9 Å². The number of nitrogens with one attached hydrogen (secondary N) is 1. The number of fused-ring (bicyclic) bond motifs is 7. The van der Waals surface area contributed by atoms with Crippen molar-refractivity contribution in [1.82, 2.24) is 5.32 Å². The lowest BCUT2D eigenvalue weighted by Crippen LogP contribution is -2.68. The maximum absolute atomic E-state index is 14.7. The number of hydrogen-bond acceptors (Lipinski definition) is 3. The fourth-order valence-electron chi connectivity index (χ4n) is 14.4. The highest BCUT2D eigenvalue weighted by molar-refractivity contribution is 5.87. The van der Waals surface area contributed by atoms with Crippen LogP contribution in [-0.4, -0.2) is 31.1 Å². The topological polar surface area (TPSA) is 38.3 Å². The first-order chi connectivity index (χ1) is 24.2. The van der Waals surface area contributed by atoms with E-state index in [1.165, 1.54) is 74.5 Å². The molecule has 1 aromatic rings. The molecule has 10 atom stereocenters. The highest BCUT2D eigenvalue weighted by Gasteiger charge is 2.70. The van der Waals surface area contributed by atoms with Gasteiger partial charge in [0.15, 0.2) is 5.78 Å². The Morgan fingerprint density at radius 1 is 0.902 bits per heavy atom. The summed E-state index contributed by atoms with van der Waals surface area (Å²) in [5, 5.41) is 4.19. The minimum absolute atomic E-state index is 0.0380. The zero-order chi connectivity index (χ0) is 36.5. The van der Waals surface area contributed by atoms with Gasteiger partial charge in [-0.15, -0.1) is 0 Å². The van der Waals surface area contributed by atoms with Crippen LogP contribution < -0.4 is 10.1 Å². The number of para-hydroxylation sites is 1. The molecule has 0 bridgehead atoms. The Labute approximate surface area is 309 Å². The summed E-state index contributed by atoms with van der Waals surface area (Å²) in [6, 6.07) is 9.40. The monoisotopic (exact) mass is 698 g/mol. The zero-order valence-electron chi connectivity index (χ0n) is 33.1. The normalized spacial score (nSPS) is 42.7. The lowest BCUT2D eigenvalue weighted by molar-refractivity contribution is -0.221. The van der Waals surface area contributed by atoms with Gasteiger partial charge in [-0.05, 0) is 171 Å². The van der Waals surface area contributed by atoms with Crippen LogP contribution in [0.1, 0.15) is 132 Å². The van der Waals surface area contributed by atoms with Gasteiger partial charge in [0.25, 0.3) is 0 Å². The second kappa shape index (κ2) is 13.3. The molecule has 3 nitrogen and oxygen atoms in total. The molecule has 0 saturated heterocycles. The van der Waals surface area contributed by atoms with Gasteiger partial charge in [-0.1, -0.05) is 84.0 Å². The number of rotatable bonds is 10. The Hall–Kier alpha value is -2.20. The van der Waals surface area contributed by atoms with Crippen LogP contribution in [-0.2, 0) is 4.79 Å². The largest absolute Gasteiger partial charge is 0.486 e. The summed E-state index contributed by atoms with van der Waals surface area (Å²) >= 11 is 0. The minimum Gasteiger partial charge on any atom is -0.486 e. The standard InChI is InChI=1S/C47H68FNO2/c1-9-29-49-47-26-19-35(32(2)3)41(47)37-15-16-39-43(6)22-20-36(42(4,5)38(43)21-23-45(39,8)44(37,7)27-28-47)33-17-24-46(31-48,25-18-33)40(50)30-51-34-13-11-10-12-14-34/h10-14,17,20,35,37-39,41,49H,2,9,15-16,18-19,21-31H2,1,3-8H3/t35-,37+,38-,39+,41+,43-,44+,45+,46+,47-/m0/s1. The van der Waals surface area contributed by atoms with Crippen LogP contribution in [0.15, 0.2) is 65.8 Å². The van der Waals surface area contributed by atoms with E-state index in [4.69, 9.17) is 4.74 Å². The van der Waals surface area contributed by atoms with Crippen LogP contribution >= 0.6 is 0 Å². The number of alkyl halides is 1. The lowest BCUT2D eigenvalue weighted by atomic mass is 9.33. The third kappa shape index (κ3) is 5.60. The number of ether oxygens (including phenoxy) is 1. The summed E-state index contributed by atoms with van der Waals surface area (Å²) in [5.74, 6) is 3.99. The summed E-state index contributed by atoms with van der Waals surface area (Å²) in [6.45, 7) is 22.9. The first-order valence-electron chi connectivity index (χ1n) is 20.8. The molecule has 280 valence electrons. The number of carbonyl (C=O) groups excluding carboxylic acids is 1. The van der Waals surface area contributed by atoms with Crippen molar-refractivity contribution in [2.75, 3.05) is 19.8 Å². The molecule has 0 unspecified atom stereocenters. The molecular weight excluding hydrogens is 630 g/mol. The van der Waals surface area contributed by atoms with Gasteiger partial charge in [-0.3, -0.25) is 4.79 Å². The van der Waals surface area contributed by atoms with E-state index < -0.39 is 12.1 Å². The van der Waals surface area contributed by atoms with Gasteiger partial charge >= 0.3 is 0 Å². The Morgan fingerprint density at radius 3 is 2.33 bits per heavy atom. The van der Waals surface area contributed by atoms with Crippen LogP contribution in [0.4, 0.5) is 4.39 Å². The van der Waals surface area contributed by atoms with Crippen molar-refractivity contribution in [1.29, 1.82) is 0 Å². The molecule has 1 aromatic carbocycles. The average Bonchev–Trinajstić information content (AvgIpc) is 3.50. The summed E-state index contributed by atoms with van der Waals surface area (Å²) in [7, 11) is 0. The van der Waals surface area contributed by atoms with E-state index in [-0.39, 0.29) is 23.2 Å². The van der Waals surface area contributed by atoms with Crippen LogP contribution in [0.25, 0.3) is 0 Å². The molecule has 0 amide bonds. The van der Waals surface area contributed by atoms with E-state index in [0.29, 0.717) is 58.6 Å². The molecule has 0 heterocycles. The molecule has 7 rings (SSSR count). The number of hydrogen-bond donors (Lipinski definition) is 1. The maximum atomic E-state index is 14.7. The molecule has 4 heteroatoms. The maximum Gasteiger partial charge on any atom is 0.179 e. The number of Topliss-reactive ketones (excluding diaryl/α,β-unsaturated/α-hetero) is 1. The van der Waals surface area contributed by atoms with E-state index in [1.807, 2.05) is 30.3 Å². The third-order valence-electron chi connectivity index (χ3n) is 17.3. The van der Waals surface area contributed by atoms with Crippen LogP contribution in [0, 0.1) is 56.7 Å². The number of ketones is 1. The van der Waals surface area contributed by atoms with Crippen molar-refractivity contribution in [2.45, 2.75) is 137 Å². The minimum atomic E-state index is -0.973. The highest BCUT2D eigenvalue weighted by Crippen LogP contribution is 2.76. The van der Waals surface area contributed by atoms with Crippen molar-refractivity contribution in [3.05, 3.63) is 65.8 Å². The number of carbonyl (C=O) groups is 1. The first kappa shape index (κ1) is 37.1. The van der Waals surface area contributed by atoms with E-state index in [1.54, 1.807) is 0 Å². The van der Waals surface area contributed by atoms with Gasteiger partial charge in [0.05, 0.1) is 5.41 Å². The molecule has 0 spiro atoms. The Bertz CT molecular complexity index is 1560. The SMILES string of the molecule is C=C(C)[C@@H]1CC[C@]2(NCCC)CC[C@]3(C)[C@H](CC[C@@H]4[C@@]5(C)CC=C(C6=CC[C@@](CF)(C(=O)COc7ccccc7)CC6)C(C)(C)[C@@H]5CC[C@]43C)[C@@H]12. The summed E-state index contributed by atoms with van der Waals surface area (Å²) in [5.41, 5.74) is 4.56. The van der Waals surface area contributed by atoms with Crippen molar-refractivity contribution in [3.63, 3.8) is 0 Å². The van der Waals surface area contributed by atoms with Gasteiger partial charge in [0.1, 0.15) is 19.0 Å². The molecule has 0 aromatic heterocycles. The van der Waals surface area contributed by atoms with E-state index in [0.717, 1.165) is 25.3 Å². The van der Waals surface area contributed by atoms with Crippen molar-refractivity contribution >= 4 is 5.78 Å². The molecule has 1 N–H and O–H groups in total. The zero-order valence-corrected chi connectivity index (χ0v) is 33.1. The predicted molar refractivity (Wildman–Crippen MR) is 208 cm³/mol. The number of halogens is 1. The third-order valence-corrected chi connectivity index (χ3v) is 17.3. The quantitative estimate of drug-likeness (QED) is 0.247.